The molecule has 0 bridgehead atoms. The number of likely N-dealkylation sites (tertiary alicyclic amines) is 1. The second-order valence-electron chi connectivity index (χ2n) is 4.93. The van der Waals surface area contributed by atoms with E-state index in [4.69, 9.17) is 4.42 Å². The van der Waals surface area contributed by atoms with Gasteiger partial charge < -0.3 is 4.42 Å². The molecule has 3 rings (SSSR count). The summed E-state index contributed by atoms with van der Waals surface area (Å²) in [6.45, 7) is 6.15. The van der Waals surface area contributed by atoms with Gasteiger partial charge in [-0.25, -0.2) is 4.98 Å². The Morgan fingerprint density at radius 2 is 2.33 bits per heavy atom. The molecule has 0 radical (unpaired) electrons. The van der Waals surface area contributed by atoms with Crippen molar-refractivity contribution in [2.24, 2.45) is 0 Å². The van der Waals surface area contributed by atoms with Gasteiger partial charge in [-0.05, 0) is 45.4 Å². The molecule has 0 amide bonds. The van der Waals surface area contributed by atoms with Crippen molar-refractivity contribution in [1.29, 1.82) is 0 Å². The first kappa shape index (κ1) is 11.9. The number of rotatable bonds is 3. The molecule has 1 saturated heterocycles. The minimum Gasteiger partial charge on any atom is -0.465 e. The van der Waals surface area contributed by atoms with E-state index in [1.807, 2.05) is 6.92 Å². The number of nitrogens with zero attached hydrogens (tertiary/aromatic N) is 2. The van der Waals surface area contributed by atoms with Crippen molar-refractivity contribution in [2.75, 3.05) is 6.54 Å². The number of aromatic nitrogens is 1. The summed E-state index contributed by atoms with van der Waals surface area (Å²) in [6.07, 6.45) is 2.43. The van der Waals surface area contributed by atoms with Crippen LogP contribution in [0.5, 0.6) is 0 Å². The first-order valence-electron chi connectivity index (χ1n) is 6.44. The molecule has 2 aromatic heterocycles. The lowest BCUT2D eigenvalue weighted by atomic mass is 10.1. The molecule has 0 saturated carbocycles. The second-order valence-corrected chi connectivity index (χ2v) is 6.00. The van der Waals surface area contributed by atoms with Gasteiger partial charge in [-0.2, -0.15) is 0 Å². The van der Waals surface area contributed by atoms with Crippen molar-refractivity contribution < 1.29 is 4.42 Å². The zero-order chi connectivity index (χ0) is 12.5. The third-order valence-electron chi connectivity index (χ3n) is 3.48. The smallest absolute Gasteiger partial charge is 0.121 e. The van der Waals surface area contributed by atoms with E-state index in [9.17, 15) is 0 Å². The Morgan fingerprint density at radius 1 is 1.44 bits per heavy atom. The van der Waals surface area contributed by atoms with Crippen LogP contribution in [0.15, 0.2) is 21.9 Å². The lowest BCUT2D eigenvalue weighted by Gasteiger charge is -2.21. The van der Waals surface area contributed by atoms with Crippen LogP contribution >= 0.6 is 11.3 Å². The van der Waals surface area contributed by atoms with Gasteiger partial charge in [0.2, 0.25) is 0 Å². The first-order valence-corrected chi connectivity index (χ1v) is 7.32. The van der Waals surface area contributed by atoms with Crippen molar-refractivity contribution in [2.45, 2.75) is 39.3 Å². The predicted molar refractivity (Wildman–Crippen MR) is 72.7 cm³/mol. The number of hydrogen-bond acceptors (Lipinski definition) is 4. The third-order valence-corrected chi connectivity index (χ3v) is 4.31. The van der Waals surface area contributed by atoms with Crippen LogP contribution in [0.1, 0.15) is 41.1 Å². The molecule has 18 heavy (non-hydrogen) atoms. The largest absolute Gasteiger partial charge is 0.465 e. The maximum atomic E-state index is 5.78. The van der Waals surface area contributed by atoms with Gasteiger partial charge in [0.15, 0.2) is 0 Å². The highest BCUT2D eigenvalue weighted by Crippen LogP contribution is 2.34. The maximum Gasteiger partial charge on any atom is 0.121 e. The molecule has 3 nitrogen and oxygen atoms in total. The molecule has 4 heteroatoms. The fourth-order valence-electron chi connectivity index (χ4n) is 2.66. The molecule has 0 N–H and O–H groups in total. The highest BCUT2D eigenvalue weighted by Gasteiger charge is 2.28. The lowest BCUT2D eigenvalue weighted by molar-refractivity contribution is 0.217. The van der Waals surface area contributed by atoms with Crippen LogP contribution in [0, 0.1) is 13.8 Å². The van der Waals surface area contributed by atoms with Crippen LogP contribution in [-0.4, -0.2) is 16.4 Å². The Labute approximate surface area is 111 Å². The Morgan fingerprint density at radius 3 is 3.00 bits per heavy atom. The standard InChI is InChI=1S/C14H18N2OS/c1-10-5-6-14(17-10)13-4-3-7-16(13)8-12-9-18-11(2)15-12/h5-6,9,13H,3-4,7-8H2,1-2H3/t13-/m1/s1. The molecule has 0 spiro atoms. The molecule has 1 aliphatic rings. The van der Waals surface area contributed by atoms with Crippen molar-refractivity contribution in [3.05, 3.63) is 39.7 Å². The second kappa shape index (κ2) is 4.86. The van der Waals surface area contributed by atoms with Crippen LogP contribution < -0.4 is 0 Å². The molecule has 2 aromatic rings. The average molecular weight is 262 g/mol. The summed E-state index contributed by atoms with van der Waals surface area (Å²) in [5, 5.41) is 3.31. The quantitative estimate of drug-likeness (QED) is 0.844. The predicted octanol–water partition coefficient (Wildman–Crippen LogP) is 3.69. The zero-order valence-corrected chi connectivity index (χ0v) is 11.7. The van der Waals surface area contributed by atoms with Crippen LogP contribution in [0.25, 0.3) is 0 Å². The summed E-state index contributed by atoms with van der Waals surface area (Å²) in [7, 11) is 0. The Balaban J connectivity index is 1.75. The fraction of sp³-hybridized carbons (Fsp3) is 0.500. The van der Waals surface area contributed by atoms with Crippen molar-refractivity contribution >= 4 is 11.3 Å². The number of furan rings is 1. The Kier molecular flexibility index (Phi) is 3.22. The first-order chi connectivity index (χ1) is 8.72. The van der Waals surface area contributed by atoms with Crippen LogP contribution in [0.4, 0.5) is 0 Å². The van der Waals surface area contributed by atoms with Gasteiger partial charge in [0.1, 0.15) is 11.5 Å². The van der Waals surface area contributed by atoms with E-state index in [0.717, 1.165) is 29.6 Å². The summed E-state index contributed by atoms with van der Waals surface area (Å²) in [6, 6.07) is 4.60. The molecule has 0 aromatic carbocycles. The highest BCUT2D eigenvalue weighted by molar-refractivity contribution is 7.09. The Hall–Kier alpha value is -1.13. The molecule has 1 atom stereocenters. The zero-order valence-electron chi connectivity index (χ0n) is 10.8. The summed E-state index contributed by atoms with van der Waals surface area (Å²) >= 11 is 1.73. The molecule has 0 aliphatic carbocycles. The molecule has 3 heterocycles. The van der Waals surface area contributed by atoms with Crippen molar-refractivity contribution in [1.82, 2.24) is 9.88 Å². The normalized spacial score (nSPS) is 20.7. The van der Waals surface area contributed by atoms with Crippen molar-refractivity contribution in [3.8, 4) is 0 Å². The van der Waals surface area contributed by atoms with Gasteiger partial charge in [-0.3, -0.25) is 4.90 Å². The van der Waals surface area contributed by atoms with E-state index in [-0.39, 0.29) is 0 Å². The fourth-order valence-corrected chi connectivity index (χ4v) is 3.26. The van der Waals surface area contributed by atoms with Gasteiger partial charge in [0, 0.05) is 11.9 Å². The number of hydrogen-bond donors (Lipinski definition) is 0. The summed E-state index contributed by atoms with van der Waals surface area (Å²) in [5.41, 5.74) is 1.19. The maximum absolute atomic E-state index is 5.78. The minimum absolute atomic E-state index is 0.431. The molecule has 1 aliphatic heterocycles. The highest BCUT2D eigenvalue weighted by atomic mass is 32.1. The number of thiazole rings is 1. The van der Waals surface area contributed by atoms with E-state index in [1.54, 1.807) is 11.3 Å². The summed E-state index contributed by atoms with van der Waals surface area (Å²) in [4.78, 5) is 7.03. The van der Waals surface area contributed by atoms with Gasteiger partial charge in [-0.15, -0.1) is 11.3 Å². The number of aryl methyl sites for hydroxylation is 2. The van der Waals surface area contributed by atoms with Crippen LogP contribution in [0.2, 0.25) is 0 Å². The molecule has 96 valence electrons. The Bertz CT molecular complexity index is 531. The average Bonchev–Trinajstić information content (AvgIpc) is 3.01. The van der Waals surface area contributed by atoms with Crippen LogP contribution in [-0.2, 0) is 6.54 Å². The molecular weight excluding hydrogens is 244 g/mol. The topological polar surface area (TPSA) is 29.3 Å². The molecule has 1 fully saturated rings. The van der Waals surface area contributed by atoms with E-state index in [1.165, 1.54) is 18.5 Å². The summed E-state index contributed by atoms with van der Waals surface area (Å²) < 4.78 is 5.78. The van der Waals surface area contributed by atoms with Crippen LogP contribution in [0.3, 0.4) is 0 Å². The van der Waals surface area contributed by atoms with Gasteiger partial charge in [0.05, 0.1) is 16.7 Å². The van der Waals surface area contributed by atoms with Gasteiger partial charge in [0.25, 0.3) is 0 Å². The minimum atomic E-state index is 0.431. The third kappa shape index (κ3) is 2.35. The lowest BCUT2D eigenvalue weighted by Crippen LogP contribution is -2.22. The van der Waals surface area contributed by atoms with E-state index >= 15 is 0 Å². The molecule has 0 unspecified atom stereocenters. The van der Waals surface area contributed by atoms with Gasteiger partial charge >= 0.3 is 0 Å². The molecular formula is C14H18N2OS. The SMILES string of the molecule is Cc1ccc([C@H]2CCCN2Cc2csc(C)n2)o1. The van der Waals surface area contributed by atoms with E-state index < -0.39 is 0 Å². The summed E-state index contributed by atoms with van der Waals surface area (Å²) in [5.74, 6) is 2.11. The van der Waals surface area contributed by atoms with E-state index in [0.29, 0.717) is 6.04 Å². The van der Waals surface area contributed by atoms with Gasteiger partial charge in [-0.1, -0.05) is 0 Å². The van der Waals surface area contributed by atoms with E-state index in [2.05, 4.69) is 34.3 Å². The van der Waals surface area contributed by atoms with Crippen molar-refractivity contribution in [3.63, 3.8) is 0 Å². The monoisotopic (exact) mass is 262 g/mol.